The highest BCUT2D eigenvalue weighted by molar-refractivity contribution is 5.69. The molecule has 0 fully saturated rings. The van der Waals surface area contributed by atoms with Crippen LogP contribution in [0.2, 0.25) is 0 Å². The highest BCUT2D eigenvalue weighted by Crippen LogP contribution is 2.25. The Bertz CT molecular complexity index is 349. The van der Waals surface area contributed by atoms with Crippen LogP contribution in [0.3, 0.4) is 0 Å². The molecule has 0 N–H and O–H groups in total. The van der Waals surface area contributed by atoms with Crippen LogP contribution in [0.25, 0.3) is 0 Å². The van der Waals surface area contributed by atoms with Crippen molar-refractivity contribution in [2.45, 2.75) is 19.8 Å². The third-order valence-electron chi connectivity index (χ3n) is 2.13. The molecule has 4 nitrogen and oxygen atoms in total. The van der Waals surface area contributed by atoms with E-state index in [1.165, 1.54) is 0 Å². The predicted octanol–water partition coefficient (Wildman–Crippen LogP) is 2.42. The van der Waals surface area contributed by atoms with E-state index in [0.717, 1.165) is 6.42 Å². The average molecular weight is 238 g/mol. The molecule has 0 heterocycles. The molecule has 0 aliphatic carbocycles. The molecule has 0 radical (unpaired) electrons. The molecular formula is C13H18O4. The number of carbonyl (C=O) groups excluding carboxylic acids is 1. The van der Waals surface area contributed by atoms with Crippen LogP contribution in [0.4, 0.5) is 0 Å². The summed E-state index contributed by atoms with van der Waals surface area (Å²) >= 11 is 0. The third kappa shape index (κ3) is 4.76. The summed E-state index contributed by atoms with van der Waals surface area (Å²) in [7, 11) is 1.59. The van der Waals surface area contributed by atoms with Crippen LogP contribution in [-0.4, -0.2) is 26.3 Å². The maximum atomic E-state index is 11.1. The summed E-state index contributed by atoms with van der Waals surface area (Å²) in [5.41, 5.74) is 0. The van der Waals surface area contributed by atoms with Crippen molar-refractivity contribution < 1.29 is 19.0 Å². The highest BCUT2D eigenvalue weighted by atomic mass is 16.6. The molecule has 0 spiro atoms. The minimum atomic E-state index is -0.184. The minimum absolute atomic E-state index is 0.184. The zero-order chi connectivity index (χ0) is 12.5. The maximum absolute atomic E-state index is 11.1. The predicted molar refractivity (Wildman–Crippen MR) is 64.4 cm³/mol. The quantitative estimate of drug-likeness (QED) is 0.540. The molecule has 0 unspecified atom stereocenters. The van der Waals surface area contributed by atoms with Crippen molar-refractivity contribution in [1.82, 2.24) is 0 Å². The number of rotatable bonds is 7. The first-order valence-electron chi connectivity index (χ1n) is 5.69. The summed E-state index contributed by atoms with van der Waals surface area (Å²) in [6.45, 7) is 2.53. The summed E-state index contributed by atoms with van der Waals surface area (Å²) in [6, 6.07) is 7.36. The normalized spacial score (nSPS) is 9.76. The van der Waals surface area contributed by atoms with Gasteiger partial charge in [-0.05, 0) is 18.6 Å². The minimum Gasteiger partial charge on any atom is -0.493 e. The van der Waals surface area contributed by atoms with Gasteiger partial charge < -0.3 is 14.2 Å². The molecular weight excluding hydrogens is 220 g/mol. The van der Waals surface area contributed by atoms with Crippen LogP contribution in [0, 0.1) is 0 Å². The Morgan fingerprint density at radius 3 is 2.53 bits per heavy atom. The molecule has 0 aliphatic heterocycles. The van der Waals surface area contributed by atoms with Crippen molar-refractivity contribution in [2.75, 3.05) is 20.3 Å². The Balaban J connectivity index is 2.28. The number of hydrogen-bond acceptors (Lipinski definition) is 4. The van der Waals surface area contributed by atoms with Crippen molar-refractivity contribution in [3.05, 3.63) is 24.3 Å². The highest BCUT2D eigenvalue weighted by Gasteiger charge is 2.03. The van der Waals surface area contributed by atoms with E-state index in [2.05, 4.69) is 0 Å². The average Bonchev–Trinajstić information content (AvgIpc) is 2.35. The molecule has 0 atom stereocenters. The van der Waals surface area contributed by atoms with Crippen LogP contribution in [-0.2, 0) is 9.53 Å². The third-order valence-corrected chi connectivity index (χ3v) is 2.13. The fraction of sp³-hybridized carbons (Fsp3) is 0.462. The van der Waals surface area contributed by atoms with Gasteiger partial charge in [0.15, 0.2) is 11.5 Å². The summed E-state index contributed by atoms with van der Waals surface area (Å²) in [5, 5.41) is 0. The first-order valence-corrected chi connectivity index (χ1v) is 5.69. The van der Waals surface area contributed by atoms with E-state index >= 15 is 0 Å². The van der Waals surface area contributed by atoms with Crippen molar-refractivity contribution in [2.24, 2.45) is 0 Å². The van der Waals surface area contributed by atoms with Crippen LogP contribution < -0.4 is 9.47 Å². The maximum Gasteiger partial charge on any atom is 0.305 e. The van der Waals surface area contributed by atoms with Gasteiger partial charge in [0.05, 0.1) is 7.11 Å². The Morgan fingerprint density at radius 1 is 1.18 bits per heavy atom. The van der Waals surface area contributed by atoms with E-state index in [1.807, 2.05) is 31.2 Å². The van der Waals surface area contributed by atoms with E-state index < -0.39 is 0 Å². The van der Waals surface area contributed by atoms with E-state index in [9.17, 15) is 4.79 Å². The number of hydrogen-bond donors (Lipinski definition) is 0. The van der Waals surface area contributed by atoms with E-state index in [1.54, 1.807) is 7.11 Å². The number of benzene rings is 1. The molecule has 0 saturated carbocycles. The number of carbonyl (C=O) groups is 1. The number of esters is 1. The van der Waals surface area contributed by atoms with Gasteiger partial charge >= 0.3 is 5.97 Å². The molecule has 0 bridgehead atoms. The van der Waals surface area contributed by atoms with Crippen molar-refractivity contribution in [3.63, 3.8) is 0 Å². The molecule has 17 heavy (non-hydrogen) atoms. The van der Waals surface area contributed by atoms with Crippen LogP contribution in [0.5, 0.6) is 11.5 Å². The van der Waals surface area contributed by atoms with Gasteiger partial charge in [0.1, 0.15) is 13.2 Å². The largest absolute Gasteiger partial charge is 0.493 e. The fourth-order valence-corrected chi connectivity index (χ4v) is 1.32. The lowest BCUT2D eigenvalue weighted by atomic mass is 10.3. The molecule has 0 aliphatic rings. The zero-order valence-corrected chi connectivity index (χ0v) is 10.3. The smallest absolute Gasteiger partial charge is 0.305 e. The molecule has 4 heteroatoms. The van der Waals surface area contributed by atoms with Crippen molar-refractivity contribution >= 4 is 5.97 Å². The van der Waals surface area contributed by atoms with Gasteiger partial charge in [-0.25, -0.2) is 0 Å². The molecule has 1 rings (SSSR count). The lowest BCUT2D eigenvalue weighted by molar-refractivity contribution is -0.144. The first-order chi connectivity index (χ1) is 8.27. The molecule has 1 aromatic carbocycles. The van der Waals surface area contributed by atoms with Gasteiger partial charge in [-0.1, -0.05) is 19.1 Å². The zero-order valence-electron chi connectivity index (χ0n) is 10.3. The fourth-order valence-electron chi connectivity index (χ4n) is 1.32. The topological polar surface area (TPSA) is 44.8 Å². The van der Waals surface area contributed by atoms with Gasteiger partial charge in [-0.2, -0.15) is 0 Å². The van der Waals surface area contributed by atoms with Gasteiger partial charge in [0, 0.05) is 6.42 Å². The molecule has 0 saturated heterocycles. The second-order valence-corrected chi connectivity index (χ2v) is 3.47. The van der Waals surface area contributed by atoms with Gasteiger partial charge in [-0.3, -0.25) is 4.79 Å². The summed E-state index contributed by atoms with van der Waals surface area (Å²) in [5.74, 6) is 1.14. The number of para-hydroxylation sites is 2. The number of ether oxygens (including phenoxy) is 3. The Hall–Kier alpha value is -1.71. The lowest BCUT2D eigenvalue weighted by Crippen LogP contribution is -2.12. The monoisotopic (exact) mass is 238 g/mol. The van der Waals surface area contributed by atoms with Gasteiger partial charge in [0.2, 0.25) is 0 Å². The first kappa shape index (κ1) is 13.4. The van der Waals surface area contributed by atoms with E-state index in [-0.39, 0.29) is 12.6 Å². The summed E-state index contributed by atoms with van der Waals surface area (Å²) < 4.78 is 15.6. The lowest BCUT2D eigenvalue weighted by Gasteiger charge is -2.10. The Labute approximate surface area is 101 Å². The van der Waals surface area contributed by atoms with E-state index in [0.29, 0.717) is 24.5 Å². The van der Waals surface area contributed by atoms with Crippen LogP contribution in [0.1, 0.15) is 19.8 Å². The number of methoxy groups -OCH3 is 1. The Kier molecular flexibility index (Phi) is 5.93. The van der Waals surface area contributed by atoms with Gasteiger partial charge in [-0.15, -0.1) is 0 Å². The molecule has 1 aromatic rings. The van der Waals surface area contributed by atoms with Crippen molar-refractivity contribution in [3.8, 4) is 11.5 Å². The SMILES string of the molecule is CCCC(=O)OCCOc1ccccc1OC. The Morgan fingerprint density at radius 2 is 1.88 bits per heavy atom. The molecule has 94 valence electrons. The standard InChI is InChI=1S/C13H18O4/c1-3-6-13(14)17-10-9-16-12-8-5-4-7-11(12)15-2/h4-5,7-8H,3,6,9-10H2,1-2H3. The van der Waals surface area contributed by atoms with E-state index in [4.69, 9.17) is 14.2 Å². The van der Waals surface area contributed by atoms with Gasteiger partial charge in [0.25, 0.3) is 0 Å². The second kappa shape index (κ2) is 7.54. The summed E-state index contributed by atoms with van der Waals surface area (Å²) in [6.07, 6.45) is 1.25. The van der Waals surface area contributed by atoms with Crippen molar-refractivity contribution in [1.29, 1.82) is 0 Å². The summed E-state index contributed by atoms with van der Waals surface area (Å²) in [4.78, 5) is 11.1. The second-order valence-electron chi connectivity index (χ2n) is 3.47. The van der Waals surface area contributed by atoms with Crippen LogP contribution in [0.15, 0.2) is 24.3 Å². The molecule has 0 aromatic heterocycles. The molecule has 0 amide bonds. The van der Waals surface area contributed by atoms with Crippen LogP contribution >= 0.6 is 0 Å².